The second-order valence-electron chi connectivity index (χ2n) is 11.8. The third-order valence-electron chi connectivity index (χ3n) is 8.74. The minimum Gasteiger partial charge on any atom is -0.486 e. The van der Waals surface area contributed by atoms with E-state index in [-0.39, 0.29) is 43.8 Å². The van der Waals surface area contributed by atoms with Crippen molar-refractivity contribution in [2.45, 2.75) is 57.7 Å². The van der Waals surface area contributed by atoms with Crippen molar-refractivity contribution >= 4 is 23.4 Å². The SMILES string of the molecule is CCOC(=O)N1c2cc3c(cc2C(N(Cc2cc(C(F)(F)F)cc(C(F)(F)F)c2)c2ncc(N4CCOCC4)cn2)CC1CC)OCCO3. The second kappa shape index (κ2) is 13.8. The highest BCUT2D eigenvalue weighted by Crippen LogP contribution is 2.48. The van der Waals surface area contributed by atoms with Crippen LogP contribution in [0.5, 0.6) is 11.5 Å². The Balaban J connectivity index is 1.50. The predicted octanol–water partition coefficient (Wildman–Crippen LogP) is 7.02. The molecule has 3 aromatic rings. The number of aromatic nitrogens is 2. The van der Waals surface area contributed by atoms with Crippen molar-refractivity contribution in [1.82, 2.24) is 9.97 Å². The van der Waals surface area contributed by atoms with Crippen LogP contribution in [-0.4, -0.2) is 68.2 Å². The third-order valence-corrected chi connectivity index (χ3v) is 8.74. The Labute approximate surface area is 278 Å². The standard InChI is InChI=1S/C33H35F6N5O5/c1-3-23-14-26(25-15-28-29(49-10-9-48-28)16-27(25)44(23)31(45)47-4-2)43(30-40-17-24(18-41-30)42-5-7-46-8-6-42)19-20-11-21(32(34,35)36)13-22(12-20)33(37,38)39/h11-13,15-18,23,26H,3-10,14,19H2,1-2H3. The summed E-state index contributed by atoms with van der Waals surface area (Å²) in [7, 11) is 0. The van der Waals surface area contributed by atoms with Gasteiger partial charge in [-0.3, -0.25) is 4.90 Å². The molecule has 0 spiro atoms. The number of rotatable bonds is 7. The van der Waals surface area contributed by atoms with E-state index < -0.39 is 48.2 Å². The number of hydrogen-bond acceptors (Lipinski definition) is 9. The van der Waals surface area contributed by atoms with Crippen molar-refractivity contribution in [3.63, 3.8) is 0 Å². The Morgan fingerprint density at radius 3 is 2.08 bits per heavy atom. The van der Waals surface area contributed by atoms with E-state index in [9.17, 15) is 31.1 Å². The van der Waals surface area contributed by atoms with E-state index in [0.29, 0.717) is 73.3 Å². The van der Waals surface area contributed by atoms with Crippen LogP contribution in [0.2, 0.25) is 0 Å². The number of nitrogens with zero attached hydrogens (tertiary/aromatic N) is 5. The zero-order chi connectivity index (χ0) is 34.9. The van der Waals surface area contributed by atoms with Crippen LogP contribution in [0, 0.1) is 0 Å². The molecule has 3 aliphatic rings. The molecule has 2 unspecified atom stereocenters. The van der Waals surface area contributed by atoms with Gasteiger partial charge in [0, 0.05) is 37.3 Å². The van der Waals surface area contributed by atoms with E-state index >= 15 is 0 Å². The predicted molar refractivity (Wildman–Crippen MR) is 166 cm³/mol. The maximum absolute atomic E-state index is 13.9. The molecule has 0 N–H and O–H groups in total. The van der Waals surface area contributed by atoms with Crippen LogP contribution in [0.15, 0.2) is 42.7 Å². The lowest BCUT2D eigenvalue weighted by Gasteiger charge is -2.44. The largest absolute Gasteiger partial charge is 0.486 e. The molecule has 6 rings (SSSR count). The molecule has 0 radical (unpaired) electrons. The lowest BCUT2D eigenvalue weighted by molar-refractivity contribution is -0.143. The number of ether oxygens (including phenoxy) is 4. The van der Waals surface area contributed by atoms with Gasteiger partial charge in [-0.25, -0.2) is 14.8 Å². The molecule has 16 heteroatoms. The summed E-state index contributed by atoms with van der Waals surface area (Å²) in [5.41, 5.74) is -1.47. The van der Waals surface area contributed by atoms with E-state index in [1.807, 2.05) is 11.8 Å². The first-order valence-corrected chi connectivity index (χ1v) is 16.0. The summed E-state index contributed by atoms with van der Waals surface area (Å²) in [6.45, 7) is 6.00. The highest BCUT2D eigenvalue weighted by molar-refractivity contribution is 5.91. The number of halogens is 6. The third kappa shape index (κ3) is 7.28. The van der Waals surface area contributed by atoms with Crippen molar-refractivity contribution in [2.75, 3.05) is 60.8 Å². The van der Waals surface area contributed by atoms with Crippen LogP contribution in [0.3, 0.4) is 0 Å². The first kappa shape index (κ1) is 34.4. The lowest BCUT2D eigenvalue weighted by atomic mass is 9.88. The molecule has 1 fully saturated rings. The molecule has 0 saturated carbocycles. The van der Waals surface area contributed by atoms with Crippen molar-refractivity contribution in [2.24, 2.45) is 0 Å². The number of amides is 1. The number of carbonyl (C=O) groups excluding carboxylic acids is 1. The molecule has 264 valence electrons. The molecule has 1 amide bonds. The van der Waals surface area contributed by atoms with Gasteiger partial charge in [-0.05, 0) is 49.6 Å². The molecule has 0 aliphatic carbocycles. The highest BCUT2D eigenvalue weighted by Gasteiger charge is 2.42. The second-order valence-corrected chi connectivity index (χ2v) is 11.8. The quantitative estimate of drug-likeness (QED) is 0.242. The summed E-state index contributed by atoms with van der Waals surface area (Å²) in [5, 5.41) is 0. The van der Waals surface area contributed by atoms with Gasteiger partial charge in [-0.15, -0.1) is 0 Å². The van der Waals surface area contributed by atoms with Crippen LogP contribution in [0.1, 0.15) is 55.0 Å². The van der Waals surface area contributed by atoms with E-state index in [2.05, 4.69) is 9.97 Å². The number of alkyl halides is 6. The molecule has 0 bridgehead atoms. The molecule has 10 nitrogen and oxygen atoms in total. The fraction of sp³-hybridized carbons (Fsp3) is 0.485. The first-order chi connectivity index (χ1) is 23.4. The van der Waals surface area contributed by atoms with Gasteiger partial charge in [0.2, 0.25) is 5.95 Å². The fourth-order valence-electron chi connectivity index (χ4n) is 6.42. The fourth-order valence-corrected chi connectivity index (χ4v) is 6.42. The summed E-state index contributed by atoms with van der Waals surface area (Å²) in [6.07, 6.45) is -6.84. The lowest BCUT2D eigenvalue weighted by Crippen LogP contribution is -2.48. The van der Waals surface area contributed by atoms with Gasteiger partial charge in [0.15, 0.2) is 11.5 Å². The number of morpholine rings is 1. The number of anilines is 3. The number of benzene rings is 2. The highest BCUT2D eigenvalue weighted by atomic mass is 19.4. The normalized spacial score (nSPS) is 19.3. The summed E-state index contributed by atoms with van der Waals surface area (Å²) in [4.78, 5) is 27.6. The molecule has 2 atom stereocenters. The Hall–Kier alpha value is -4.47. The Kier molecular flexibility index (Phi) is 9.69. The van der Waals surface area contributed by atoms with Gasteiger partial charge in [0.25, 0.3) is 0 Å². The van der Waals surface area contributed by atoms with Crippen LogP contribution in [-0.2, 0) is 28.4 Å². The zero-order valence-corrected chi connectivity index (χ0v) is 26.8. The average Bonchev–Trinajstić information content (AvgIpc) is 3.09. The van der Waals surface area contributed by atoms with Crippen molar-refractivity contribution < 1.29 is 50.1 Å². The Morgan fingerprint density at radius 1 is 0.898 bits per heavy atom. The van der Waals surface area contributed by atoms with Crippen LogP contribution in [0.4, 0.5) is 48.5 Å². The maximum Gasteiger partial charge on any atom is 0.416 e. The summed E-state index contributed by atoms with van der Waals surface area (Å²) in [5.74, 6) is 0.851. The minimum absolute atomic E-state index is 0.0771. The van der Waals surface area contributed by atoms with Gasteiger partial charge < -0.3 is 28.7 Å². The van der Waals surface area contributed by atoms with Crippen molar-refractivity contribution in [1.29, 1.82) is 0 Å². The number of fused-ring (bicyclic) bond motifs is 2. The Bertz CT molecular complexity index is 1620. The molecule has 2 aromatic carbocycles. The van der Waals surface area contributed by atoms with Crippen molar-refractivity contribution in [3.8, 4) is 11.5 Å². The summed E-state index contributed by atoms with van der Waals surface area (Å²) in [6, 6.07) is 3.67. The van der Waals surface area contributed by atoms with Gasteiger partial charge >= 0.3 is 18.4 Å². The molecule has 4 heterocycles. The molecule has 3 aliphatic heterocycles. The molecule has 49 heavy (non-hydrogen) atoms. The van der Waals surface area contributed by atoms with Crippen LogP contribution in [0.25, 0.3) is 0 Å². The minimum atomic E-state index is -5.03. The van der Waals surface area contributed by atoms with Crippen LogP contribution >= 0.6 is 0 Å². The smallest absolute Gasteiger partial charge is 0.416 e. The average molecular weight is 696 g/mol. The van der Waals surface area contributed by atoms with E-state index in [0.717, 1.165) is 0 Å². The molecular formula is C33H35F6N5O5. The van der Waals surface area contributed by atoms with Gasteiger partial charge in [0.05, 0.1) is 60.8 Å². The summed E-state index contributed by atoms with van der Waals surface area (Å²) < 4.78 is 106. The summed E-state index contributed by atoms with van der Waals surface area (Å²) >= 11 is 0. The maximum atomic E-state index is 13.9. The zero-order valence-electron chi connectivity index (χ0n) is 26.8. The molecule has 1 aromatic heterocycles. The molecular weight excluding hydrogens is 660 g/mol. The monoisotopic (exact) mass is 695 g/mol. The number of carbonyl (C=O) groups is 1. The van der Waals surface area contributed by atoms with E-state index in [1.54, 1.807) is 36.4 Å². The van der Waals surface area contributed by atoms with E-state index in [1.165, 1.54) is 4.90 Å². The van der Waals surface area contributed by atoms with Gasteiger partial charge in [-0.2, -0.15) is 26.3 Å². The molecule has 1 saturated heterocycles. The Morgan fingerprint density at radius 2 is 1.51 bits per heavy atom. The van der Waals surface area contributed by atoms with Crippen molar-refractivity contribution in [3.05, 3.63) is 65.0 Å². The van der Waals surface area contributed by atoms with E-state index in [4.69, 9.17) is 18.9 Å². The topological polar surface area (TPSA) is 89.5 Å². The van der Waals surface area contributed by atoms with Gasteiger partial charge in [-0.1, -0.05) is 6.92 Å². The number of hydrogen-bond donors (Lipinski definition) is 0. The van der Waals surface area contributed by atoms with Crippen LogP contribution < -0.4 is 24.2 Å². The van der Waals surface area contributed by atoms with Gasteiger partial charge in [0.1, 0.15) is 13.2 Å². The first-order valence-electron chi connectivity index (χ1n) is 16.0.